The molecule has 0 aromatic heterocycles. The van der Waals surface area contributed by atoms with Crippen LogP contribution in [0.3, 0.4) is 0 Å². The van der Waals surface area contributed by atoms with Crippen LogP contribution in [0.5, 0.6) is 11.5 Å². The van der Waals surface area contributed by atoms with Crippen LogP contribution in [-0.2, 0) is 6.42 Å². The SMILES string of the molecule is CCCCCOc1cc(C=CC(=S)c2ccc(CCC)cc2)cc(OCCCCC)c1. The Morgan fingerprint density at radius 1 is 0.774 bits per heavy atom. The van der Waals surface area contributed by atoms with E-state index in [0.717, 1.165) is 66.4 Å². The number of hydrogen-bond donors (Lipinski definition) is 0. The molecule has 0 bridgehead atoms. The molecule has 0 amide bonds. The van der Waals surface area contributed by atoms with Crippen LogP contribution in [-0.4, -0.2) is 18.1 Å². The Morgan fingerprint density at radius 3 is 1.87 bits per heavy atom. The van der Waals surface area contributed by atoms with Crippen molar-refractivity contribution in [3.63, 3.8) is 0 Å². The third-order valence-electron chi connectivity index (χ3n) is 5.14. The summed E-state index contributed by atoms with van der Waals surface area (Å²) >= 11 is 5.64. The van der Waals surface area contributed by atoms with Gasteiger partial charge in [-0.3, -0.25) is 0 Å². The predicted molar refractivity (Wildman–Crippen MR) is 138 cm³/mol. The highest BCUT2D eigenvalue weighted by Crippen LogP contribution is 2.25. The molecule has 2 aromatic rings. The fourth-order valence-corrected chi connectivity index (χ4v) is 3.54. The average Bonchev–Trinajstić information content (AvgIpc) is 2.79. The van der Waals surface area contributed by atoms with Crippen LogP contribution in [0, 0.1) is 0 Å². The molecule has 31 heavy (non-hydrogen) atoms. The second-order valence-corrected chi connectivity index (χ2v) is 8.43. The highest BCUT2D eigenvalue weighted by atomic mass is 32.1. The van der Waals surface area contributed by atoms with Gasteiger partial charge in [-0.25, -0.2) is 0 Å². The van der Waals surface area contributed by atoms with Crippen molar-refractivity contribution in [1.29, 1.82) is 0 Å². The minimum atomic E-state index is 0.735. The molecule has 2 rings (SSSR count). The molecule has 0 saturated carbocycles. The Kier molecular flexibility index (Phi) is 12.0. The summed E-state index contributed by atoms with van der Waals surface area (Å²) in [6, 6.07) is 14.7. The monoisotopic (exact) mass is 438 g/mol. The first-order valence-corrected chi connectivity index (χ1v) is 12.3. The van der Waals surface area contributed by atoms with Gasteiger partial charge in [-0.1, -0.05) is 95.4 Å². The maximum absolute atomic E-state index is 6.00. The van der Waals surface area contributed by atoms with Crippen molar-refractivity contribution in [2.75, 3.05) is 13.2 Å². The molecule has 0 radical (unpaired) electrons. The average molecular weight is 439 g/mol. The molecule has 0 fully saturated rings. The quantitative estimate of drug-likeness (QED) is 0.121. The molecular formula is C28H38O2S. The zero-order valence-corrected chi connectivity index (χ0v) is 20.3. The van der Waals surface area contributed by atoms with Gasteiger partial charge in [0.25, 0.3) is 0 Å². The lowest BCUT2D eigenvalue weighted by atomic mass is 10.1. The first kappa shape index (κ1) is 25.1. The van der Waals surface area contributed by atoms with Crippen molar-refractivity contribution in [2.24, 2.45) is 0 Å². The highest BCUT2D eigenvalue weighted by molar-refractivity contribution is 7.81. The molecule has 0 saturated heterocycles. The molecular weight excluding hydrogens is 400 g/mol. The fourth-order valence-electron chi connectivity index (χ4n) is 3.33. The molecule has 0 spiro atoms. The first-order valence-electron chi connectivity index (χ1n) is 11.9. The number of hydrogen-bond acceptors (Lipinski definition) is 3. The van der Waals surface area contributed by atoms with E-state index < -0.39 is 0 Å². The summed E-state index contributed by atoms with van der Waals surface area (Å²) in [6.07, 6.45) is 13.2. The lowest BCUT2D eigenvalue weighted by Crippen LogP contribution is -2.00. The third kappa shape index (κ3) is 9.69. The number of aryl methyl sites for hydroxylation is 1. The van der Waals surface area contributed by atoms with E-state index in [0.29, 0.717) is 0 Å². The highest BCUT2D eigenvalue weighted by Gasteiger charge is 2.04. The second kappa shape index (κ2) is 14.8. The summed E-state index contributed by atoms with van der Waals surface area (Å²) in [4.78, 5) is 0.836. The Balaban J connectivity index is 2.08. The van der Waals surface area contributed by atoms with Gasteiger partial charge in [0.15, 0.2) is 0 Å². The van der Waals surface area contributed by atoms with Gasteiger partial charge < -0.3 is 9.47 Å². The van der Waals surface area contributed by atoms with Crippen LogP contribution in [0.25, 0.3) is 6.08 Å². The second-order valence-electron chi connectivity index (χ2n) is 7.99. The van der Waals surface area contributed by atoms with Gasteiger partial charge in [0.2, 0.25) is 0 Å². The normalized spacial score (nSPS) is 11.1. The Hall–Kier alpha value is -2.13. The lowest BCUT2D eigenvalue weighted by molar-refractivity contribution is 0.291. The van der Waals surface area contributed by atoms with Crippen molar-refractivity contribution in [3.05, 3.63) is 65.2 Å². The molecule has 2 aromatic carbocycles. The van der Waals surface area contributed by atoms with Crippen molar-refractivity contribution in [2.45, 2.75) is 72.1 Å². The Morgan fingerprint density at radius 2 is 1.35 bits per heavy atom. The van der Waals surface area contributed by atoms with Crippen LogP contribution in [0.2, 0.25) is 0 Å². The van der Waals surface area contributed by atoms with E-state index in [2.05, 4.69) is 63.2 Å². The first-order chi connectivity index (χ1) is 15.2. The summed E-state index contributed by atoms with van der Waals surface area (Å²) in [5, 5.41) is 0. The van der Waals surface area contributed by atoms with Crippen LogP contribution in [0.4, 0.5) is 0 Å². The van der Waals surface area contributed by atoms with Crippen molar-refractivity contribution >= 4 is 23.2 Å². The predicted octanol–water partition coefficient (Wildman–Crippen LogP) is 8.21. The molecule has 168 valence electrons. The summed E-state index contributed by atoms with van der Waals surface area (Å²) in [5.41, 5.74) is 3.48. The van der Waals surface area contributed by atoms with Gasteiger partial charge in [0.05, 0.1) is 13.2 Å². The maximum atomic E-state index is 6.00. The van der Waals surface area contributed by atoms with Crippen LogP contribution in [0.15, 0.2) is 48.5 Å². The smallest absolute Gasteiger partial charge is 0.123 e. The lowest BCUT2D eigenvalue weighted by Gasteiger charge is -2.11. The van der Waals surface area contributed by atoms with E-state index in [1.165, 1.54) is 31.2 Å². The van der Waals surface area contributed by atoms with Crippen molar-refractivity contribution < 1.29 is 9.47 Å². The van der Waals surface area contributed by atoms with E-state index in [-0.39, 0.29) is 0 Å². The number of thiocarbonyl (C=S) groups is 1. The molecule has 0 heterocycles. The Labute approximate surface area is 194 Å². The van der Waals surface area contributed by atoms with E-state index in [1.807, 2.05) is 12.1 Å². The minimum absolute atomic E-state index is 0.735. The minimum Gasteiger partial charge on any atom is -0.493 e. The van der Waals surface area contributed by atoms with Crippen LogP contribution >= 0.6 is 12.2 Å². The van der Waals surface area contributed by atoms with E-state index in [1.54, 1.807) is 0 Å². The van der Waals surface area contributed by atoms with E-state index >= 15 is 0 Å². The summed E-state index contributed by atoms with van der Waals surface area (Å²) < 4.78 is 12.0. The third-order valence-corrected chi connectivity index (χ3v) is 5.51. The summed E-state index contributed by atoms with van der Waals surface area (Å²) in [6.45, 7) is 8.07. The van der Waals surface area contributed by atoms with E-state index in [9.17, 15) is 0 Å². The molecule has 0 unspecified atom stereocenters. The Bertz CT molecular complexity index is 778. The molecule has 0 atom stereocenters. The molecule has 0 N–H and O–H groups in total. The summed E-state index contributed by atoms with van der Waals surface area (Å²) in [5.74, 6) is 1.72. The summed E-state index contributed by atoms with van der Waals surface area (Å²) in [7, 11) is 0. The van der Waals surface area contributed by atoms with Crippen LogP contribution in [0.1, 0.15) is 82.4 Å². The van der Waals surface area contributed by atoms with Gasteiger partial charge in [-0.05, 0) is 54.2 Å². The van der Waals surface area contributed by atoms with Crippen molar-refractivity contribution in [1.82, 2.24) is 0 Å². The zero-order valence-electron chi connectivity index (χ0n) is 19.5. The van der Waals surface area contributed by atoms with Gasteiger partial charge in [-0.15, -0.1) is 0 Å². The topological polar surface area (TPSA) is 18.5 Å². The molecule has 0 aliphatic carbocycles. The van der Waals surface area contributed by atoms with Crippen LogP contribution < -0.4 is 9.47 Å². The number of benzene rings is 2. The molecule has 2 nitrogen and oxygen atoms in total. The maximum Gasteiger partial charge on any atom is 0.123 e. The zero-order chi connectivity index (χ0) is 22.3. The molecule has 0 aliphatic rings. The fraction of sp³-hybridized carbons (Fsp3) is 0.464. The largest absolute Gasteiger partial charge is 0.493 e. The van der Waals surface area contributed by atoms with Gasteiger partial charge >= 0.3 is 0 Å². The molecule has 0 aliphatic heterocycles. The van der Waals surface area contributed by atoms with Gasteiger partial charge in [0.1, 0.15) is 11.5 Å². The number of rotatable bonds is 15. The number of ether oxygens (including phenoxy) is 2. The van der Waals surface area contributed by atoms with Gasteiger partial charge in [0, 0.05) is 10.9 Å². The van der Waals surface area contributed by atoms with E-state index in [4.69, 9.17) is 21.7 Å². The van der Waals surface area contributed by atoms with Crippen molar-refractivity contribution in [3.8, 4) is 11.5 Å². The molecule has 3 heteroatoms. The number of allylic oxidation sites excluding steroid dienone is 1. The standard InChI is InChI=1S/C28H38O2S/c1-4-7-9-18-29-26-20-24(21-27(22-26)30-19-10-8-5-2)14-17-28(31)25-15-12-23(11-6-3)13-16-25/h12-17,20-22H,4-11,18-19H2,1-3H3. The number of unbranched alkanes of at least 4 members (excludes halogenated alkanes) is 4. The van der Waals surface area contributed by atoms with Gasteiger partial charge in [-0.2, -0.15) is 0 Å².